The minimum Gasteiger partial charge on any atom is -0.496 e. The molecule has 3 N–H and O–H groups in total. The molecule has 6 nitrogen and oxygen atoms in total. The summed E-state index contributed by atoms with van der Waals surface area (Å²) >= 11 is 0. The number of nitrogens with two attached hydrogens (primary N) is 1. The van der Waals surface area contributed by atoms with Crippen LogP contribution in [0.25, 0.3) is 0 Å². The highest BCUT2D eigenvalue weighted by molar-refractivity contribution is 5.55. The predicted octanol–water partition coefficient (Wildman–Crippen LogP) is 7.85. The number of hydrogen-bond acceptors (Lipinski definition) is 6. The Morgan fingerprint density at radius 1 is 0.630 bits per heavy atom. The Morgan fingerprint density at radius 2 is 1.15 bits per heavy atom. The Bertz CT molecular complexity index is 1650. The van der Waals surface area contributed by atoms with E-state index in [1.807, 2.05) is 66.7 Å². The summed E-state index contributed by atoms with van der Waals surface area (Å²) in [4.78, 5) is 2.32. The van der Waals surface area contributed by atoms with E-state index in [4.69, 9.17) is 19.9 Å². The fourth-order valence-corrected chi connectivity index (χ4v) is 5.93. The molecule has 0 amide bonds. The number of aryl methyl sites for hydroxylation is 2. The van der Waals surface area contributed by atoms with E-state index in [9.17, 15) is 5.11 Å². The van der Waals surface area contributed by atoms with Crippen molar-refractivity contribution < 1.29 is 19.3 Å². The van der Waals surface area contributed by atoms with E-state index < -0.39 is 6.10 Å². The minimum atomic E-state index is -0.759. The number of aliphatic hydroxyl groups excluding tert-OH is 1. The van der Waals surface area contributed by atoms with Crippen LogP contribution in [0.3, 0.4) is 0 Å². The van der Waals surface area contributed by atoms with Gasteiger partial charge in [-0.3, -0.25) is 4.90 Å². The van der Waals surface area contributed by atoms with Crippen molar-refractivity contribution in [2.75, 3.05) is 33.0 Å². The van der Waals surface area contributed by atoms with E-state index >= 15 is 0 Å². The van der Waals surface area contributed by atoms with E-state index in [2.05, 4.69) is 67.3 Å². The average molecular weight is 617 g/mol. The van der Waals surface area contributed by atoms with Gasteiger partial charge in [0.1, 0.15) is 23.9 Å². The van der Waals surface area contributed by atoms with Crippen LogP contribution in [0, 0.1) is 13.8 Å². The Labute approximate surface area is 273 Å². The second-order valence-corrected chi connectivity index (χ2v) is 11.8. The molecule has 0 radical (unpaired) electrons. The van der Waals surface area contributed by atoms with Crippen LogP contribution in [0.5, 0.6) is 17.2 Å². The summed E-state index contributed by atoms with van der Waals surface area (Å²) in [7, 11) is 3.40. The van der Waals surface area contributed by atoms with E-state index in [0.717, 1.165) is 33.8 Å². The molecule has 0 aromatic heterocycles. The van der Waals surface area contributed by atoms with Gasteiger partial charge < -0.3 is 25.1 Å². The highest BCUT2D eigenvalue weighted by Gasteiger charge is 2.23. The van der Waals surface area contributed by atoms with Gasteiger partial charge in [-0.2, -0.15) is 0 Å². The third-order valence-electron chi connectivity index (χ3n) is 8.42. The zero-order chi connectivity index (χ0) is 32.5. The standard InChI is InChI=1S/C40H44N2O4/c1-28-21-32(15-18-38(28)44-3)35(33-16-19-39(45-4)29(2)22-33)25-42(24-30-11-7-5-8-12-30)26-37(43)34-17-20-40(36(41)23-34)46-27-31-13-9-6-10-14-31/h5-23,35,37,43H,24-27,41H2,1-4H3/t37-/m0/s1. The average Bonchev–Trinajstić information content (AvgIpc) is 3.07. The first-order valence-electron chi connectivity index (χ1n) is 15.6. The molecule has 0 fully saturated rings. The molecule has 0 spiro atoms. The number of nitrogen functional groups attached to an aromatic ring is 1. The van der Waals surface area contributed by atoms with E-state index in [0.29, 0.717) is 37.7 Å². The first kappa shape index (κ1) is 32.6. The Hall–Kier alpha value is -4.78. The van der Waals surface area contributed by atoms with Crippen LogP contribution in [0.15, 0.2) is 115 Å². The molecule has 5 aromatic rings. The molecule has 238 valence electrons. The monoisotopic (exact) mass is 616 g/mol. The molecular weight excluding hydrogens is 572 g/mol. The molecule has 5 rings (SSSR count). The number of nitrogens with zero attached hydrogens (tertiary/aromatic N) is 1. The van der Waals surface area contributed by atoms with Crippen molar-refractivity contribution in [3.8, 4) is 17.2 Å². The van der Waals surface area contributed by atoms with Gasteiger partial charge in [0, 0.05) is 25.6 Å². The lowest BCUT2D eigenvalue weighted by Crippen LogP contribution is -2.33. The van der Waals surface area contributed by atoms with Gasteiger partial charge in [-0.15, -0.1) is 0 Å². The van der Waals surface area contributed by atoms with Gasteiger partial charge in [0.25, 0.3) is 0 Å². The van der Waals surface area contributed by atoms with Gasteiger partial charge in [-0.25, -0.2) is 0 Å². The molecule has 0 unspecified atom stereocenters. The highest BCUT2D eigenvalue weighted by Crippen LogP contribution is 2.34. The highest BCUT2D eigenvalue weighted by atomic mass is 16.5. The van der Waals surface area contributed by atoms with Gasteiger partial charge in [-0.1, -0.05) is 91.0 Å². The summed E-state index contributed by atoms with van der Waals surface area (Å²) in [6, 6.07) is 38.7. The van der Waals surface area contributed by atoms with Crippen molar-refractivity contribution >= 4 is 5.69 Å². The second kappa shape index (κ2) is 15.5. The molecule has 1 atom stereocenters. The minimum absolute atomic E-state index is 0.0314. The first-order chi connectivity index (χ1) is 22.3. The van der Waals surface area contributed by atoms with E-state index in [-0.39, 0.29) is 5.92 Å². The lowest BCUT2D eigenvalue weighted by atomic mass is 9.88. The first-order valence-corrected chi connectivity index (χ1v) is 15.6. The van der Waals surface area contributed by atoms with Crippen LogP contribution in [0.4, 0.5) is 5.69 Å². The van der Waals surface area contributed by atoms with Crippen molar-refractivity contribution in [1.29, 1.82) is 0 Å². The number of aliphatic hydroxyl groups is 1. The largest absolute Gasteiger partial charge is 0.496 e. The quantitative estimate of drug-likeness (QED) is 0.124. The number of rotatable bonds is 14. The van der Waals surface area contributed by atoms with Crippen molar-refractivity contribution in [2.24, 2.45) is 0 Å². The lowest BCUT2D eigenvalue weighted by molar-refractivity contribution is 0.107. The summed E-state index contributed by atoms with van der Waals surface area (Å²) in [5.74, 6) is 2.35. The van der Waals surface area contributed by atoms with Gasteiger partial charge in [0.15, 0.2) is 0 Å². The van der Waals surface area contributed by atoms with Crippen molar-refractivity contribution in [2.45, 2.75) is 39.0 Å². The molecule has 0 bridgehead atoms. The molecule has 46 heavy (non-hydrogen) atoms. The van der Waals surface area contributed by atoms with Gasteiger partial charge in [0.05, 0.1) is 26.0 Å². The number of ether oxygens (including phenoxy) is 3. The zero-order valence-electron chi connectivity index (χ0n) is 27.1. The van der Waals surface area contributed by atoms with E-state index in [1.165, 1.54) is 16.7 Å². The SMILES string of the molecule is COc1ccc(C(CN(Cc2ccccc2)C[C@H](O)c2ccc(OCc3ccccc3)c(N)c2)c2ccc(OC)c(C)c2)cc1C. The molecule has 0 aliphatic heterocycles. The third kappa shape index (κ3) is 8.27. The number of methoxy groups -OCH3 is 2. The van der Waals surface area contributed by atoms with Crippen LogP contribution >= 0.6 is 0 Å². The predicted molar refractivity (Wildman–Crippen MR) is 186 cm³/mol. The zero-order valence-corrected chi connectivity index (χ0v) is 27.1. The lowest BCUT2D eigenvalue weighted by Gasteiger charge is -2.31. The molecule has 0 aliphatic carbocycles. The van der Waals surface area contributed by atoms with Crippen LogP contribution in [0.1, 0.15) is 51.0 Å². The van der Waals surface area contributed by atoms with Gasteiger partial charge in [-0.05, 0) is 77.1 Å². The fourth-order valence-electron chi connectivity index (χ4n) is 5.93. The molecule has 0 saturated carbocycles. The molecule has 0 heterocycles. The Balaban J connectivity index is 1.42. The van der Waals surface area contributed by atoms with Crippen LogP contribution < -0.4 is 19.9 Å². The summed E-state index contributed by atoms with van der Waals surface area (Å²) in [6.45, 7) is 6.33. The second-order valence-electron chi connectivity index (χ2n) is 11.8. The van der Waals surface area contributed by atoms with Crippen LogP contribution in [-0.4, -0.2) is 37.3 Å². The van der Waals surface area contributed by atoms with E-state index in [1.54, 1.807) is 14.2 Å². The molecule has 0 saturated heterocycles. The topological polar surface area (TPSA) is 77.2 Å². The fraction of sp³-hybridized carbons (Fsp3) is 0.250. The smallest absolute Gasteiger partial charge is 0.142 e. The summed E-state index contributed by atoms with van der Waals surface area (Å²) in [5, 5.41) is 11.6. The van der Waals surface area contributed by atoms with Crippen LogP contribution in [0.2, 0.25) is 0 Å². The maximum absolute atomic E-state index is 11.6. The normalized spacial score (nSPS) is 11.9. The molecular formula is C40H44N2O4. The Morgan fingerprint density at radius 3 is 1.67 bits per heavy atom. The van der Waals surface area contributed by atoms with Gasteiger partial charge in [0.2, 0.25) is 0 Å². The summed E-state index contributed by atoms with van der Waals surface area (Å²) in [5.41, 5.74) is 14.4. The van der Waals surface area contributed by atoms with Crippen molar-refractivity contribution in [3.05, 3.63) is 154 Å². The summed E-state index contributed by atoms with van der Waals surface area (Å²) in [6.07, 6.45) is -0.759. The van der Waals surface area contributed by atoms with Crippen molar-refractivity contribution in [1.82, 2.24) is 4.90 Å². The maximum atomic E-state index is 11.6. The molecule has 0 aliphatic rings. The van der Waals surface area contributed by atoms with Crippen LogP contribution in [-0.2, 0) is 13.2 Å². The maximum Gasteiger partial charge on any atom is 0.142 e. The molecule has 5 aromatic carbocycles. The molecule has 6 heteroatoms. The number of hydrogen-bond donors (Lipinski definition) is 2. The number of benzene rings is 5. The van der Waals surface area contributed by atoms with Crippen molar-refractivity contribution in [3.63, 3.8) is 0 Å². The Kier molecular flexibility index (Phi) is 11.0. The third-order valence-corrected chi connectivity index (χ3v) is 8.42. The number of anilines is 1. The summed E-state index contributed by atoms with van der Waals surface area (Å²) < 4.78 is 17.1. The van der Waals surface area contributed by atoms with Gasteiger partial charge >= 0.3 is 0 Å².